The first kappa shape index (κ1) is 13.6. The Morgan fingerprint density at radius 2 is 2.44 bits per heavy atom. The van der Waals surface area contributed by atoms with Gasteiger partial charge in [0.1, 0.15) is 0 Å². The number of nitrogens with zero attached hydrogens (tertiary/aromatic N) is 2. The summed E-state index contributed by atoms with van der Waals surface area (Å²) in [6, 6.07) is 1.67. The fourth-order valence-corrected chi connectivity index (χ4v) is 2.54. The third-order valence-electron chi connectivity index (χ3n) is 3.24. The average Bonchev–Trinajstić information content (AvgIpc) is 2.78. The van der Waals surface area contributed by atoms with Gasteiger partial charge in [-0.15, -0.1) is 0 Å². The van der Waals surface area contributed by atoms with Crippen molar-refractivity contribution in [3.8, 4) is 0 Å². The summed E-state index contributed by atoms with van der Waals surface area (Å²) in [5, 5.41) is 3.73. The van der Waals surface area contributed by atoms with Crippen LogP contribution >= 0.6 is 11.6 Å². The van der Waals surface area contributed by atoms with E-state index in [9.17, 15) is 4.39 Å². The van der Waals surface area contributed by atoms with E-state index in [-0.39, 0.29) is 5.82 Å². The van der Waals surface area contributed by atoms with Crippen LogP contribution in [0, 0.1) is 5.82 Å². The molecule has 1 fully saturated rings. The van der Waals surface area contributed by atoms with Gasteiger partial charge in [0.05, 0.1) is 5.02 Å². The van der Waals surface area contributed by atoms with E-state index in [4.69, 9.17) is 11.6 Å². The highest BCUT2D eigenvalue weighted by Gasteiger charge is 2.27. The van der Waals surface area contributed by atoms with Crippen molar-refractivity contribution in [1.29, 1.82) is 0 Å². The van der Waals surface area contributed by atoms with E-state index in [2.05, 4.69) is 17.2 Å². The first-order valence-corrected chi connectivity index (χ1v) is 6.88. The minimum atomic E-state index is -0.329. The normalized spacial score (nSPS) is 19.5. The van der Waals surface area contributed by atoms with Crippen molar-refractivity contribution >= 4 is 17.4 Å². The van der Waals surface area contributed by atoms with Gasteiger partial charge in [0.15, 0.2) is 11.6 Å². The third-order valence-corrected chi connectivity index (χ3v) is 3.45. The molecule has 3 nitrogen and oxygen atoms in total. The molecule has 1 atom stereocenters. The molecule has 1 saturated heterocycles. The number of rotatable bonds is 5. The van der Waals surface area contributed by atoms with Crippen molar-refractivity contribution in [2.45, 2.75) is 32.2 Å². The number of halogens is 2. The Balaban J connectivity index is 2.06. The van der Waals surface area contributed by atoms with Gasteiger partial charge in [0.25, 0.3) is 0 Å². The van der Waals surface area contributed by atoms with Gasteiger partial charge in [0, 0.05) is 25.3 Å². The number of anilines is 1. The number of nitrogens with one attached hydrogen (secondary N) is 1. The number of aromatic nitrogens is 1. The Labute approximate surface area is 112 Å². The average molecular weight is 272 g/mol. The van der Waals surface area contributed by atoms with Gasteiger partial charge >= 0.3 is 0 Å². The zero-order chi connectivity index (χ0) is 13.0. The Kier molecular flexibility index (Phi) is 4.78. The van der Waals surface area contributed by atoms with Crippen LogP contribution in [-0.4, -0.2) is 30.7 Å². The van der Waals surface area contributed by atoms with Gasteiger partial charge in [-0.05, 0) is 31.9 Å². The minimum absolute atomic E-state index is 0.329. The Bertz CT molecular complexity index is 400. The van der Waals surface area contributed by atoms with Crippen LogP contribution in [0.5, 0.6) is 0 Å². The first-order chi connectivity index (χ1) is 8.72. The lowest BCUT2D eigenvalue weighted by atomic mass is 10.2. The van der Waals surface area contributed by atoms with Gasteiger partial charge < -0.3 is 10.2 Å². The van der Waals surface area contributed by atoms with E-state index in [1.165, 1.54) is 12.3 Å². The lowest BCUT2D eigenvalue weighted by Gasteiger charge is -2.26. The predicted octanol–water partition coefficient (Wildman–Crippen LogP) is 2.84. The van der Waals surface area contributed by atoms with Crippen molar-refractivity contribution < 1.29 is 4.39 Å². The molecule has 0 aliphatic carbocycles. The molecule has 0 aromatic carbocycles. The van der Waals surface area contributed by atoms with E-state index in [1.54, 1.807) is 0 Å². The summed E-state index contributed by atoms with van der Waals surface area (Å²) in [5.41, 5.74) is 0. The molecule has 1 aromatic heterocycles. The Hall–Kier alpha value is -0.870. The molecule has 0 spiro atoms. The molecule has 0 bridgehead atoms. The van der Waals surface area contributed by atoms with Crippen LogP contribution in [-0.2, 0) is 0 Å². The van der Waals surface area contributed by atoms with Crippen LogP contribution in [0.25, 0.3) is 0 Å². The van der Waals surface area contributed by atoms with Crippen LogP contribution in [0.1, 0.15) is 26.2 Å². The van der Waals surface area contributed by atoms with Crippen molar-refractivity contribution in [1.82, 2.24) is 10.3 Å². The molecule has 0 amide bonds. The molecule has 18 heavy (non-hydrogen) atoms. The van der Waals surface area contributed by atoms with E-state index in [1.807, 2.05) is 4.90 Å². The van der Waals surface area contributed by atoms with Gasteiger partial charge in [0.2, 0.25) is 0 Å². The van der Waals surface area contributed by atoms with Gasteiger partial charge in [-0.3, -0.25) is 0 Å². The fraction of sp³-hybridized carbons (Fsp3) is 0.615. The molecule has 0 radical (unpaired) electrons. The molecule has 5 heteroatoms. The maximum Gasteiger partial charge on any atom is 0.167 e. The maximum atomic E-state index is 13.9. The van der Waals surface area contributed by atoms with E-state index in [0.29, 0.717) is 16.9 Å². The van der Waals surface area contributed by atoms with Crippen LogP contribution < -0.4 is 10.2 Å². The SMILES string of the molecule is CCCNCC1CCCN1c1ncc(Cl)cc1F. The zero-order valence-corrected chi connectivity index (χ0v) is 11.4. The molecule has 0 saturated carbocycles. The minimum Gasteiger partial charge on any atom is -0.350 e. The lowest BCUT2D eigenvalue weighted by molar-refractivity contribution is 0.553. The first-order valence-electron chi connectivity index (χ1n) is 6.50. The summed E-state index contributed by atoms with van der Waals surface area (Å²) < 4.78 is 13.9. The Morgan fingerprint density at radius 3 is 3.17 bits per heavy atom. The van der Waals surface area contributed by atoms with Gasteiger partial charge in [-0.25, -0.2) is 9.37 Å². The van der Waals surface area contributed by atoms with Crippen LogP contribution in [0.15, 0.2) is 12.3 Å². The predicted molar refractivity (Wildman–Crippen MR) is 72.7 cm³/mol. The fourth-order valence-electron chi connectivity index (χ4n) is 2.39. The summed E-state index contributed by atoms with van der Waals surface area (Å²) >= 11 is 5.73. The summed E-state index contributed by atoms with van der Waals surface area (Å²) in [7, 11) is 0. The van der Waals surface area contributed by atoms with E-state index >= 15 is 0 Å². The lowest BCUT2D eigenvalue weighted by Crippen LogP contribution is -2.39. The smallest absolute Gasteiger partial charge is 0.167 e. The molecule has 2 rings (SSSR count). The van der Waals surface area contributed by atoms with E-state index < -0.39 is 0 Å². The second kappa shape index (κ2) is 6.34. The second-order valence-corrected chi connectivity index (χ2v) is 5.09. The molecular weight excluding hydrogens is 253 g/mol. The molecule has 100 valence electrons. The van der Waals surface area contributed by atoms with Crippen LogP contribution in [0.2, 0.25) is 5.02 Å². The molecule has 2 heterocycles. The van der Waals surface area contributed by atoms with Crippen molar-refractivity contribution in [2.24, 2.45) is 0 Å². The zero-order valence-electron chi connectivity index (χ0n) is 10.6. The van der Waals surface area contributed by atoms with Gasteiger partial charge in [-0.1, -0.05) is 18.5 Å². The highest BCUT2D eigenvalue weighted by atomic mass is 35.5. The highest BCUT2D eigenvalue weighted by molar-refractivity contribution is 6.30. The van der Waals surface area contributed by atoms with Gasteiger partial charge in [-0.2, -0.15) is 0 Å². The largest absolute Gasteiger partial charge is 0.350 e. The molecule has 1 unspecified atom stereocenters. The quantitative estimate of drug-likeness (QED) is 0.835. The maximum absolute atomic E-state index is 13.9. The third kappa shape index (κ3) is 3.12. The number of hydrogen-bond donors (Lipinski definition) is 1. The second-order valence-electron chi connectivity index (χ2n) is 4.65. The monoisotopic (exact) mass is 271 g/mol. The summed E-state index contributed by atoms with van der Waals surface area (Å²) in [6.07, 6.45) is 4.79. The van der Waals surface area contributed by atoms with Crippen LogP contribution in [0.4, 0.5) is 10.2 Å². The summed E-state index contributed by atoms with van der Waals surface area (Å²) in [4.78, 5) is 6.18. The topological polar surface area (TPSA) is 28.2 Å². The van der Waals surface area contributed by atoms with Crippen molar-refractivity contribution in [3.05, 3.63) is 23.1 Å². The standard InChI is InChI=1S/C13H19ClFN3/c1-2-5-16-9-11-4-3-6-18(11)13-12(15)7-10(14)8-17-13/h7-8,11,16H,2-6,9H2,1H3. The summed E-state index contributed by atoms with van der Waals surface area (Å²) in [6.45, 7) is 4.89. The molecule has 1 aromatic rings. The highest BCUT2D eigenvalue weighted by Crippen LogP contribution is 2.27. The van der Waals surface area contributed by atoms with E-state index in [0.717, 1.165) is 38.9 Å². The molecule has 1 aliphatic heterocycles. The van der Waals surface area contributed by atoms with Crippen LogP contribution in [0.3, 0.4) is 0 Å². The van der Waals surface area contributed by atoms with Crippen molar-refractivity contribution in [3.63, 3.8) is 0 Å². The molecule has 1 N–H and O–H groups in total. The Morgan fingerprint density at radius 1 is 1.61 bits per heavy atom. The summed E-state index contributed by atoms with van der Waals surface area (Å²) in [5.74, 6) is 0.102. The molecular formula is C13H19ClFN3. The number of hydrogen-bond acceptors (Lipinski definition) is 3. The number of pyridine rings is 1. The van der Waals surface area contributed by atoms with Crippen molar-refractivity contribution in [2.75, 3.05) is 24.5 Å². The molecule has 1 aliphatic rings.